The van der Waals surface area contributed by atoms with Crippen molar-refractivity contribution in [3.63, 3.8) is 0 Å². The number of carbonyl (C=O) groups excluding carboxylic acids is 7. The van der Waals surface area contributed by atoms with Gasteiger partial charge in [-0.25, -0.2) is 4.99 Å². The molecular weight excluding hydrogens is 967 g/mol. The second-order valence-corrected chi connectivity index (χ2v) is 21.3. The molecule has 2 fully saturated rings. The smallest absolute Gasteiger partial charge is 0.253 e. The summed E-state index contributed by atoms with van der Waals surface area (Å²) < 4.78 is 12.3. The number of carbonyl (C=O) groups is 7. The topological polar surface area (TPSA) is 203 Å². The highest BCUT2D eigenvalue weighted by Gasteiger charge is 2.43. The van der Waals surface area contributed by atoms with Gasteiger partial charge in [0, 0.05) is 124 Å². The number of imide groups is 1. The van der Waals surface area contributed by atoms with E-state index in [0.717, 1.165) is 56.1 Å². The number of likely N-dealkylation sites (tertiary alicyclic amines) is 1. The van der Waals surface area contributed by atoms with Gasteiger partial charge in [0.25, 0.3) is 11.8 Å². The normalized spacial score (nSPS) is 18.8. The van der Waals surface area contributed by atoms with E-state index in [1.807, 2.05) is 87.1 Å². The highest BCUT2D eigenvalue weighted by atomic mass is 16.5. The van der Waals surface area contributed by atoms with Crippen molar-refractivity contribution in [2.24, 2.45) is 28.7 Å². The quantitative estimate of drug-likeness (QED) is 0.0430. The van der Waals surface area contributed by atoms with Crippen LogP contribution in [-0.2, 0) is 56.0 Å². The largest absolute Gasteiger partial charge is 0.379 e. The molecule has 0 saturated carbocycles. The van der Waals surface area contributed by atoms with Crippen LogP contribution in [0.2, 0.25) is 0 Å². The zero-order chi connectivity index (χ0) is 55.5. The third kappa shape index (κ3) is 17.0. The van der Waals surface area contributed by atoms with Crippen LogP contribution in [0.4, 0.5) is 5.69 Å². The number of benzene rings is 2. The maximum absolute atomic E-state index is 14.6. The van der Waals surface area contributed by atoms with Crippen LogP contribution in [0.25, 0.3) is 0 Å². The number of ketones is 1. The monoisotopic (exact) mass is 1050 g/mol. The molecule has 8 atom stereocenters. The van der Waals surface area contributed by atoms with Crippen molar-refractivity contribution < 1.29 is 43.0 Å². The van der Waals surface area contributed by atoms with E-state index >= 15 is 0 Å². The van der Waals surface area contributed by atoms with Crippen molar-refractivity contribution in [1.82, 2.24) is 35.1 Å². The Morgan fingerprint density at radius 3 is 2.11 bits per heavy atom. The molecule has 0 spiro atoms. The van der Waals surface area contributed by atoms with Crippen molar-refractivity contribution in [1.29, 1.82) is 0 Å². The summed E-state index contributed by atoms with van der Waals surface area (Å²) in [6.07, 6.45) is 5.99. The molecule has 0 radical (unpaired) electrons. The number of anilines is 1. The number of guanidine groups is 1. The first-order valence-corrected chi connectivity index (χ1v) is 27.5. The number of unbranched alkanes of at least 4 members (excludes halogenated alkanes) is 2. The Bertz CT molecular complexity index is 2280. The van der Waals surface area contributed by atoms with Gasteiger partial charge in [-0.15, -0.1) is 0 Å². The fraction of sp³-hybridized carbons (Fsp3) is 0.621. The van der Waals surface area contributed by atoms with Crippen LogP contribution in [0.1, 0.15) is 104 Å². The number of nitrogens with one attached hydrogen (secondary N) is 3. The van der Waals surface area contributed by atoms with Crippen LogP contribution in [-0.4, -0.2) is 177 Å². The summed E-state index contributed by atoms with van der Waals surface area (Å²) in [7, 11) is 8.88. The van der Waals surface area contributed by atoms with Crippen LogP contribution in [0.3, 0.4) is 0 Å². The first-order valence-electron chi connectivity index (χ1n) is 27.5. The molecule has 2 saturated heterocycles. The molecule has 418 valence electrons. The Hall–Kier alpha value is -5.98. The lowest BCUT2D eigenvalue weighted by Gasteiger charge is -2.40. The number of Topliss-reactive ketones (excluding diaryl/α,β-unsaturated/α-hetero) is 1. The number of ether oxygens (including phenoxy) is 2. The zero-order valence-electron chi connectivity index (χ0n) is 46.9. The van der Waals surface area contributed by atoms with E-state index in [4.69, 9.17) is 14.5 Å². The van der Waals surface area contributed by atoms with Crippen LogP contribution in [0.15, 0.2) is 71.7 Å². The summed E-state index contributed by atoms with van der Waals surface area (Å²) in [5.74, 6) is -2.11. The molecule has 18 heteroatoms. The maximum Gasteiger partial charge on any atom is 0.253 e. The fourth-order valence-electron chi connectivity index (χ4n) is 10.7. The third-order valence-electron chi connectivity index (χ3n) is 15.3. The first-order chi connectivity index (χ1) is 36.4. The number of methoxy groups -OCH3 is 2. The molecule has 3 heterocycles. The van der Waals surface area contributed by atoms with Gasteiger partial charge in [-0.2, -0.15) is 0 Å². The van der Waals surface area contributed by atoms with Crippen LogP contribution >= 0.6 is 0 Å². The van der Waals surface area contributed by atoms with E-state index in [0.29, 0.717) is 63.8 Å². The molecular formula is C58H87N9O9. The van der Waals surface area contributed by atoms with Gasteiger partial charge in [-0.05, 0) is 67.2 Å². The van der Waals surface area contributed by atoms with Gasteiger partial charge >= 0.3 is 0 Å². The van der Waals surface area contributed by atoms with Crippen LogP contribution < -0.4 is 16.0 Å². The Kier molecular flexibility index (Phi) is 24.1. The number of rotatable bonds is 28. The number of aliphatic imine (C=N–C) groups is 1. The minimum absolute atomic E-state index is 0.00843. The van der Waals surface area contributed by atoms with Crippen molar-refractivity contribution in [2.75, 3.05) is 79.9 Å². The highest BCUT2D eigenvalue weighted by Crippen LogP contribution is 2.31. The van der Waals surface area contributed by atoms with Gasteiger partial charge < -0.3 is 45.0 Å². The number of hydrogen-bond acceptors (Lipinski definition) is 11. The van der Waals surface area contributed by atoms with Gasteiger partial charge in [0.2, 0.25) is 23.6 Å². The lowest BCUT2D eigenvalue weighted by molar-refractivity contribution is -0.146. The van der Waals surface area contributed by atoms with Gasteiger partial charge in [-0.3, -0.25) is 38.5 Å². The average molecular weight is 1050 g/mol. The SMILES string of the molecule is CC[C@H](C)[C@@H]([C@@H](CC(=O)N1CCC[C@H]1[C@H](OC)[C@@H](C)C(=O)C[C@@H](Cc1ccccc1)C(=O)Nc1ccc(CNC(=O)CCCCCN2C(=O)C=CC2=O)cc1)OC)N(C)C(=O)[C@@H](N=C(N(C)C)N1CCNCC1)C(C)C. The second kappa shape index (κ2) is 30.1. The van der Waals surface area contributed by atoms with Crippen molar-refractivity contribution in [3.8, 4) is 0 Å². The Morgan fingerprint density at radius 1 is 0.829 bits per heavy atom. The zero-order valence-corrected chi connectivity index (χ0v) is 46.9. The molecule has 5 rings (SSSR count). The molecule has 6 amide bonds. The van der Waals surface area contributed by atoms with E-state index < -0.39 is 42.2 Å². The highest BCUT2D eigenvalue weighted by molar-refractivity contribution is 6.12. The molecule has 0 bridgehead atoms. The number of hydrogen-bond donors (Lipinski definition) is 3. The molecule has 18 nitrogen and oxygen atoms in total. The Labute approximate surface area is 451 Å². The molecule has 0 aromatic heterocycles. The van der Waals surface area contributed by atoms with Crippen LogP contribution in [0, 0.1) is 23.7 Å². The first kappa shape index (κ1) is 60.9. The number of amides is 6. The lowest BCUT2D eigenvalue weighted by Crippen LogP contribution is -2.55. The summed E-state index contributed by atoms with van der Waals surface area (Å²) in [4.78, 5) is 108. The van der Waals surface area contributed by atoms with E-state index in [2.05, 4.69) is 34.7 Å². The summed E-state index contributed by atoms with van der Waals surface area (Å²) >= 11 is 0. The summed E-state index contributed by atoms with van der Waals surface area (Å²) in [6, 6.07) is 15.3. The van der Waals surface area contributed by atoms with Gasteiger partial charge in [-0.1, -0.05) is 89.9 Å². The molecule has 76 heavy (non-hydrogen) atoms. The van der Waals surface area contributed by atoms with E-state index in [1.54, 1.807) is 38.3 Å². The summed E-state index contributed by atoms with van der Waals surface area (Å²) in [5.41, 5.74) is 2.31. The molecule has 3 aliphatic rings. The fourth-order valence-corrected chi connectivity index (χ4v) is 10.7. The summed E-state index contributed by atoms with van der Waals surface area (Å²) in [5, 5.41) is 9.34. The second-order valence-electron chi connectivity index (χ2n) is 21.3. The van der Waals surface area contributed by atoms with E-state index in [1.165, 1.54) is 17.1 Å². The molecule has 0 unspecified atom stereocenters. The minimum atomic E-state index is -0.708. The third-order valence-corrected chi connectivity index (χ3v) is 15.3. The van der Waals surface area contributed by atoms with Crippen LogP contribution in [0.5, 0.6) is 0 Å². The molecule has 3 aliphatic heterocycles. The van der Waals surface area contributed by atoms with Crippen molar-refractivity contribution >= 4 is 52.9 Å². The Balaban J connectivity index is 1.21. The number of nitrogens with zero attached hydrogens (tertiary/aromatic N) is 6. The molecule has 3 N–H and O–H groups in total. The van der Waals surface area contributed by atoms with Crippen molar-refractivity contribution in [3.05, 3.63) is 77.9 Å². The van der Waals surface area contributed by atoms with E-state index in [9.17, 15) is 33.6 Å². The molecule has 2 aromatic rings. The summed E-state index contributed by atoms with van der Waals surface area (Å²) in [6.45, 7) is 14.4. The molecule has 2 aromatic carbocycles. The van der Waals surface area contributed by atoms with Crippen molar-refractivity contribution in [2.45, 2.75) is 136 Å². The number of likely N-dealkylation sites (N-methyl/N-ethyl adjacent to an activating group) is 1. The average Bonchev–Trinajstić information content (AvgIpc) is 4.03. The van der Waals surface area contributed by atoms with E-state index in [-0.39, 0.29) is 65.9 Å². The Morgan fingerprint density at radius 2 is 1.50 bits per heavy atom. The van der Waals surface area contributed by atoms with Gasteiger partial charge in [0.15, 0.2) is 5.96 Å². The van der Waals surface area contributed by atoms with Gasteiger partial charge in [0.1, 0.15) is 11.8 Å². The standard InChI is InChI=1S/C58H87N9O9/c1-11-40(4)54(64(8)57(74)53(39(2)3)62-58(63(6)7)65-33-29-59-30-34-65)48(75-9)37-52(72)66-32-18-21-46(66)55(76-10)41(5)47(68)36-44(35-42-19-14-12-15-20-42)56(73)61-45-25-23-43(24-26-45)38-60-49(69)22-16-13-17-31-67-50(70)27-28-51(67)71/h12,14-15,19-20,23-28,39-41,44,46,48,53-55,59H,11,13,16-18,21-22,29-38H2,1-10H3,(H,60,69)(H,61,73)/t40-,41-,44+,46-,48+,53-,54-,55+/m0/s1. The number of piperazine rings is 1. The van der Waals surface area contributed by atoms with Gasteiger partial charge in [0.05, 0.1) is 30.7 Å². The maximum atomic E-state index is 14.6. The minimum Gasteiger partial charge on any atom is -0.379 e. The predicted octanol–water partition coefficient (Wildman–Crippen LogP) is 5.31. The predicted molar refractivity (Wildman–Crippen MR) is 295 cm³/mol. The lowest BCUT2D eigenvalue weighted by atomic mass is 9.85. The molecule has 0 aliphatic carbocycles.